The fourth-order valence-corrected chi connectivity index (χ4v) is 3.43. The molecule has 1 saturated carbocycles. The maximum atomic E-state index is 14.5. The number of pyridine rings is 1. The average Bonchev–Trinajstić information content (AvgIpc) is 2.59. The smallest absolute Gasteiger partial charge is 0.198 e. The number of fused-ring (bicyclic) bond motifs is 1. The van der Waals surface area contributed by atoms with Gasteiger partial charge in [-0.1, -0.05) is 19.3 Å². The number of aromatic carboxylic acids is 1. The van der Waals surface area contributed by atoms with Crippen molar-refractivity contribution in [2.45, 2.75) is 44.7 Å². The van der Waals surface area contributed by atoms with Crippen LogP contribution in [0.25, 0.3) is 10.9 Å². The standard InChI is InChI=1S/C18H21FN2O4/c19-14-8-12-16(9-15(14)20-11-4-2-1-3-5-11)21(6-7-22)10-13(17(12)23)18(24)25/h8-11,20,22H,1-7H2,(H,24,25)/p-1. The number of rotatable bonds is 5. The summed E-state index contributed by atoms with van der Waals surface area (Å²) in [5, 5.41) is 23.5. The van der Waals surface area contributed by atoms with Crippen LogP contribution >= 0.6 is 0 Å². The van der Waals surface area contributed by atoms with E-state index < -0.39 is 22.8 Å². The maximum Gasteiger partial charge on any atom is 0.198 e. The third kappa shape index (κ3) is 3.51. The van der Waals surface area contributed by atoms with Crippen LogP contribution in [0.4, 0.5) is 10.1 Å². The lowest BCUT2D eigenvalue weighted by Gasteiger charge is -2.24. The number of hydrogen-bond donors (Lipinski definition) is 2. The molecule has 25 heavy (non-hydrogen) atoms. The van der Waals surface area contributed by atoms with Gasteiger partial charge in [0.15, 0.2) is 5.43 Å². The van der Waals surface area contributed by atoms with E-state index in [1.165, 1.54) is 17.1 Å². The zero-order valence-electron chi connectivity index (χ0n) is 13.8. The molecule has 0 unspecified atom stereocenters. The summed E-state index contributed by atoms with van der Waals surface area (Å²) >= 11 is 0. The number of aliphatic hydroxyl groups excluding tert-OH is 1. The van der Waals surface area contributed by atoms with Crippen LogP contribution in [0.2, 0.25) is 0 Å². The Morgan fingerprint density at radius 2 is 2.04 bits per heavy atom. The second-order valence-electron chi connectivity index (χ2n) is 6.40. The number of aliphatic hydroxyl groups is 1. The minimum Gasteiger partial charge on any atom is -0.545 e. The Bertz CT molecular complexity index is 856. The molecule has 1 aliphatic rings. The topological polar surface area (TPSA) is 94.4 Å². The summed E-state index contributed by atoms with van der Waals surface area (Å²) in [6.45, 7) is -0.154. The largest absolute Gasteiger partial charge is 0.545 e. The van der Waals surface area contributed by atoms with E-state index in [0.29, 0.717) is 5.52 Å². The third-order valence-corrected chi connectivity index (χ3v) is 4.69. The summed E-state index contributed by atoms with van der Waals surface area (Å²) in [6.07, 6.45) is 6.43. The molecule has 0 spiro atoms. The highest BCUT2D eigenvalue weighted by Crippen LogP contribution is 2.26. The molecule has 0 radical (unpaired) electrons. The predicted molar refractivity (Wildman–Crippen MR) is 90.1 cm³/mol. The molecule has 1 fully saturated rings. The Kier molecular flexibility index (Phi) is 5.03. The maximum absolute atomic E-state index is 14.5. The van der Waals surface area contributed by atoms with Gasteiger partial charge in [-0.05, 0) is 25.0 Å². The molecule has 1 aliphatic carbocycles. The van der Waals surface area contributed by atoms with Crippen molar-refractivity contribution in [3.63, 3.8) is 0 Å². The summed E-state index contributed by atoms with van der Waals surface area (Å²) in [7, 11) is 0. The molecule has 1 aromatic carbocycles. The molecule has 3 rings (SSSR count). The zero-order chi connectivity index (χ0) is 18.0. The number of halogens is 1. The monoisotopic (exact) mass is 347 g/mol. The van der Waals surface area contributed by atoms with Gasteiger partial charge in [-0.25, -0.2) is 4.39 Å². The molecule has 0 amide bonds. The van der Waals surface area contributed by atoms with Gasteiger partial charge in [0.2, 0.25) is 0 Å². The first-order valence-electron chi connectivity index (χ1n) is 8.46. The van der Waals surface area contributed by atoms with Crippen LogP contribution in [-0.4, -0.2) is 28.3 Å². The molecule has 6 nitrogen and oxygen atoms in total. The van der Waals surface area contributed by atoms with Gasteiger partial charge < -0.3 is 24.9 Å². The summed E-state index contributed by atoms with van der Waals surface area (Å²) < 4.78 is 15.9. The van der Waals surface area contributed by atoms with Crippen molar-refractivity contribution in [2.75, 3.05) is 11.9 Å². The highest BCUT2D eigenvalue weighted by atomic mass is 19.1. The van der Waals surface area contributed by atoms with E-state index >= 15 is 0 Å². The van der Waals surface area contributed by atoms with Gasteiger partial charge in [0.05, 0.1) is 29.3 Å². The van der Waals surface area contributed by atoms with Crippen molar-refractivity contribution in [3.05, 3.63) is 39.9 Å². The summed E-state index contributed by atoms with van der Waals surface area (Å²) in [5.74, 6) is -2.22. The van der Waals surface area contributed by atoms with Crippen LogP contribution in [-0.2, 0) is 6.54 Å². The number of carbonyl (C=O) groups excluding carboxylic acids is 1. The molecule has 0 atom stereocenters. The Morgan fingerprint density at radius 1 is 1.32 bits per heavy atom. The molecular weight excluding hydrogens is 327 g/mol. The summed E-state index contributed by atoms with van der Waals surface area (Å²) in [4.78, 5) is 23.4. The molecule has 0 bridgehead atoms. The van der Waals surface area contributed by atoms with Gasteiger partial charge in [-0.2, -0.15) is 0 Å². The van der Waals surface area contributed by atoms with E-state index in [9.17, 15) is 24.2 Å². The molecule has 134 valence electrons. The van der Waals surface area contributed by atoms with E-state index in [0.717, 1.165) is 37.9 Å². The van der Waals surface area contributed by atoms with Crippen LogP contribution < -0.4 is 15.9 Å². The molecule has 0 aliphatic heterocycles. The van der Waals surface area contributed by atoms with Crippen LogP contribution in [0.15, 0.2) is 23.1 Å². The summed E-state index contributed by atoms with van der Waals surface area (Å²) in [5.41, 5.74) is -0.670. The second-order valence-corrected chi connectivity index (χ2v) is 6.40. The lowest BCUT2D eigenvalue weighted by Crippen LogP contribution is -2.30. The Hall–Kier alpha value is -2.41. The van der Waals surface area contributed by atoms with Gasteiger partial charge in [0.25, 0.3) is 0 Å². The molecule has 2 aromatic rings. The number of carboxylic acid groups (broad SMARTS) is 1. The minimum absolute atomic E-state index is 0.0400. The van der Waals surface area contributed by atoms with Crippen molar-refractivity contribution in [2.24, 2.45) is 0 Å². The number of benzene rings is 1. The number of nitrogens with zero attached hydrogens (tertiary/aromatic N) is 1. The van der Waals surface area contributed by atoms with Crippen molar-refractivity contribution >= 4 is 22.6 Å². The molecular formula is C18H20FN2O4-. The third-order valence-electron chi connectivity index (χ3n) is 4.69. The zero-order valence-corrected chi connectivity index (χ0v) is 13.8. The fraction of sp³-hybridized carbons (Fsp3) is 0.444. The van der Waals surface area contributed by atoms with E-state index in [2.05, 4.69) is 5.32 Å². The molecule has 1 heterocycles. The first-order chi connectivity index (χ1) is 12.0. The normalized spacial score (nSPS) is 15.4. The Labute approximate surface area is 143 Å². The van der Waals surface area contributed by atoms with E-state index in [1.807, 2.05) is 0 Å². The van der Waals surface area contributed by atoms with Gasteiger partial charge in [-0.15, -0.1) is 0 Å². The van der Waals surface area contributed by atoms with E-state index in [1.54, 1.807) is 0 Å². The number of anilines is 1. The minimum atomic E-state index is -1.62. The first kappa shape index (κ1) is 17.4. The quantitative estimate of drug-likeness (QED) is 0.849. The van der Waals surface area contributed by atoms with Crippen LogP contribution in [0, 0.1) is 5.82 Å². The SMILES string of the molecule is O=C([O-])c1cn(CCO)c2cc(NC3CCCCC3)c(F)cc2c1=O. The molecule has 7 heteroatoms. The lowest BCUT2D eigenvalue weighted by atomic mass is 9.95. The van der Waals surface area contributed by atoms with Gasteiger partial charge in [-0.3, -0.25) is 4.79 Å². The van der Waals surface area contributed by atoms with E-state index in [-0.39, 0.29) is 30.3 Å². The Balaban J connectivity index is 2.11. The molecule has 1 aromatic heterocycles. The predicted octanol–water partition coefficient (Wildman–Crippen LogP) is 1.24. The van der Waals surface area contributed by atoms with Gasteiger partial charge in [0.1, 0.15) is 5.82 Å². The number of carbonyl (C=O) groups is 1. The highest BCUT2D eigenvalue weighted by molar-refractivity contribution is 5.92. The average molecular weight is 347 g/mol. The second kappa shape index (κ2) is 7.23. The van der Waals surface area contributed by atoms with Crippen molar-refractivity contribution in [1.82, 2.24) is 4.57 Å². The number of nitrogens with one attached hydrogen (secondary N) is 1. The number of aromatic nitrogens is 1. The van der Waals surface area contributed by atoms with Crippen molar-refractivity contribution in [1.29, 1.82) is 0 Å². The summed E-state index contributed by atoms with van der Waals surface area (Å²) in [6, 6.07) is 2.75. The number of hydrogen-bond acceptors (Lipinski definition) is 5. The molecule has 0 saturated heterocycles. The Morgan fingerprint density at radius 3 is 2.68 bits per heavy atom. The van der Waals surface area contributed by atoms with Crippen molar-refractivity contribution < 1.29 is 19.4 Å². The lowest BCUT2D eigenvalue weighted by molar-refractivity contribution is -0.255. The van der Waals surface area contributed by atoms with Crippen LogP contribution in [0.1, 0.15) is 42.5 Å². The molecule has 2 N–H and O–H groups in total. The van der Waals surface area contributed by atoms with Crippen LogP contribution in [0.3, 0.4) is 0 Å². The number of carboxylic acids is 1. The van der Waals surface area contributed by atoms with Gasteiger partial charge >= 0.3 is 0 Å². The first-order valence-corrected chi connectivity index (χ1v) is 8.46. The van der Waals surface area contributed by atoms with Crippen molar-refractivity contribution in [3.8, 4) is 0 Å². The van der Waals surface area contributed by atoms with Gasteiger partial charge in [0, 0.05) is 24.2 Å². The fourth-order valence-electron chi connectivity index (χ4n) is 3.43. The van der Waals surface area contributed by atoms with Crippen LogP contribution in [0.5, 0.6) is 0 Å². The van der Waals surface area contributed by atoms with E-state index in [4.69, 9.17) is 0 Å². The highest BCUT2D eigenvalue weighted by Gasteiger charge is 2.17.